The first-order valence-electron chi connectivity index (χ1n) is 9.12. The van der Waals surface area contributed by atoms with Gasteiger partial charge in [-0.15, -0.1) is 0 Å². The van der Waals surface area contributed by atoms with Gasteiger partial charge in [0, 0.05) is 5.56 Å². The summed E-state index contributed by atoms with van der Waals surface area (Å²) in [5.41, 5.74) is 3.02. The number of amides is 1. The Morgan fingerprint density at radius 2 is 1.90 bits per heavy atom. The van der Waals surface area contributed by atoms with Gasteiger partial charge in [-0.05, 0) is 42.3 Å². The van der Waals surface area contributed by atoms with Crippen molar-refractivity contribution in [3.8, 4) is 5.75 Å². The first kappa shape index (κ1) is 19.1. The van der Waals surface area contributed by atoms with Gasteiger partial charge in [0.2, 0.25) is 0 Å². The number of methoxy groups -OCH3 is 1. The standard InChI is InChI=1S/C23H19FN2O2S/c1-15-11-12-19(28-2)20-21(15)29-23(25-20)26(14-16-7-4-3-5-8-16)22(27)17-9-6-10-18(24)13-17/h3-13H,14H2,1-2H3. The third kappa shape index (κ3) is 3.84. The highest BCUT2D eigenvalue weighted by atomic mass is 32.1. The van der Waals surface area contributed by atoms with Crippen molar-refractivity contribution < 1.29 is 13.9 Å². The van der Waals surface area contributed by atoms with E-state index in [1.807, 2.05) is 49.4 Å². The Kier molecular flexibility index (Phi) is 5.27. The fraction of sp³-hybridized carbons (Fsp3) is 0.130. The van der Waals surface area contributed by atoms with Crippen LogP contribution in [0.5, 0.6) is 5.75 Å². The Balaban J connectivity index is 1.83. The summed E-state index contributed by atoms with van der Waals surface area (Å²) in [6, 6.07) is 19.2. The maximum absolute atomic E-state index is 13.7. The first-order valence-corrected chi connectivity index (χ1v) is 9.94. The van der Waals surface area contributed by atoms with E-state index >= 15 is 0 Å². The lowest BCUT2D eigenvalue weighted by molar-refractivity contribution is 0.0984. The largest absolute Gasteiger partial charge is 0.494 e. The van der Waals surface area contributed by atoms with E-state index < -0.39 is 5.82 Å². The Bertz CT molecular complexity index is 1170. The second-order valence-electron chi connectivity index (χ2n) is 6.65. The van der Waals surface area contributed by atoms with Crippen LogP contribution in [0.2, 0.25) is 0 Å². The summed E-state index contributed by atoms with van der Waals surface area (Å²) in [5, 5.41) is 0.547. The number of thiazole rings is 1. The second kappa shape index (κ2) is 8.01. The number of carbonyl (C=O) groups excluding carboxylic acids is 1. The third-order valence-electron chi connectivity index (χ3n) is 4.64. The molecule has 0 N–H and O–H groups in total. The molecule has 0 aliphatic heterocycles. The van der Waals surface area contributed by atoms with Gasteiger partial charge in [0.1, 0.15) is 17.1 Å². The van der Waals surface area contributed by atoms with E-state index in [-0.39, 0.29) is 11.5 Å². The number of carbonyl (C=O) groups is 1. The molecule has 0 bridgehead atoms. The number of aryl methyl sites for hydroxylation is 1. The van der Waals surface area contributed by atoms with Gasteiger partial charge in [0.25, 0.3) is 5.91 Å². The van der Waals surface area contributed by atoms with E-state index in [1.165, 1.54) is 29.5 Å². The molecule has 4 nitrogen and oxygen atoms in total. The molecule has 146 valence electrons. The van der Waals surface area contributed by atoms with Crippen molar-refractivity contribution in [2.75, 3.05) is 12.0 Å². The number of ether oxygens (including phenoxy) is 1. The fourth-order valence-electron chi connectivity index (χ4n) is 3.15. The number of hydrogen-bond acceptors (Lipinski definition) is 4. The minimum absolute atomic E-state index is 0.281. The molecular formula is C23H19FN2O2S. The van der Waals surface area contributed by atoms with Gasteiger partial charge in [-0.3, -0.25) is 9.69 Å². The van der Waals surface area contributed by atoms with E-state index in [0.29, 0.717) is 17.4 Å². The van der Waals surface area contributed by atoms with E-state index in [1.54, 1.807) is 18.1 Å². The van der Waals surface area contributed by atoms with Crippen LogP contribution in [0.15, 0.2) is 66.7 Å². The van der Waals surface area contributed by atoms with Crippen LogP contribution in [-0.4, -0.2) is 18.0 Å². The van der Waals surface area contributed by atoms with Crippen molar-refractivity contribution in [2.45, 2.75) is 13.5 Å². The zero-order valence-electron chi connectivity index (χ0n) is 16.1. The zero-order chi connectivity index (χ0) is 20.4. The molecule has 0 spiro atoms. The lowest BCUT2D eigenvalue weighted by Crippen LogP contribution is -2.30. The smallest absolute Gasteiger partial charge is 0.260 e. The Morgan fingerprint density at radius 3 is 2.62 bits per heavy atom. The third-order valence-corrected chi connectivity index (χ3v) is 5.86. The quantitative estimate of drug-likeness (QED) is 0.433. The molecule has 3 aromatic carbocycles. The molecule has 0 radical (unpaired) electrons. The SMILES string of the molecule is COc1ccc(C)c2sc(N(Cc3ccccc3)C(=O)c3cccc(F)c3)nc12. The minimum atomic E-state index is -0.447. The molecule has 0 saturated heterocycles. The second-order valence-corrected chi connectivity index (χ2v) is 7.62. The van der Waals surface area contributed by atoms with Crippen LogP contribution in [0.25, 0.3) is 10.2 Å². The Labute approximate surface area is 172 Å². The number of fused-ring (bicyclic) bond motifs is 1. The van der Waals surface area contributed by atoms with Crippen LogP contribution in [0.3, 0.4) is 0 Å². The molecule has 1 aromatic heterocycles. The topological polar surface area (TPSA) is 42.4 Å². The molecule has 0 unspecified atom stereocenters. The molecule has 0 saturated carbocycles. The number of halogens is 1. The molecule has 0 atom stereocenters. The van der Waals surface area contributed by atoms with E-state index in [2.05, 4.69) is 0 Å². The number of nitrogens with zero attached hydrogens (tertiary/aromatic N) is 2. The maximum atomic E-state index is 13.7. The van der Waals surface area contributed by atoms with E-state index in [4.69, 9.17) is 9.72 Å². The first-order chi connectivity index (χ1) is 14.1. The predicted octanol–water partition coefficient (Wildman–Crippen LogP) is 5.60. The lowest BCUT2D eigenvalue weighted by atomic mass is 10.1. The molecule has 0 fully saturated rings. The molecule has 1 amide bonds. The van der Waals surface area contributed by atoms with Gasteiger partial charge in [0.15, 0.2) is 5.13 Å². The average Bonchev–Trinajstić information content (AvgIpc) is 3.19. The number of rotatable bonds is 5. The summed E-state index contributed by atoms with van der Waals surface area (Å²) < 4.78 is 20.1. The number of anilines is 1. The number of hydrogen-bond donors (Lipinski definition) is 0. The highest BCUT2D eigenvalue weighted by Gasteiger charge is 2.23. The van der Waals surface area contributed by atoms with Crippen LogP contribution in [-0.2, 0) is 6.54 Å². The van der Waals surface area contributed by atoms with Crippen molar-refractivity contribution in [2.24, 2.45) is 0 Å². The lowest BCUT2D eigenvalue weighted by Gasteiger charge is -2.20. The van der Waals surface area contributed by atoms with Gasteiger partial charge in [-0.25, -0.2) is 9.37 Å². The van der Waals surface area contributed by atoms with Crippen LogP contribution >= 0.6 is 11.3 Å². The van der Waals surface area contributed by atoms with Crippen LogP contribution in [0, 0.1) is 12.7 Å². The Morgan fingerprint density at radius 1 is 1.10 bits per heavy atom. The molecule has 0 aliphatic rings. The molecular weight excluding hydrogens is 387 g/mol. The van der Waals surface area contributed by atoms with Gasteiger partial charge in [-0.1, -0.05) is 53.8 Å². The molecule has 29 heavy (non-hydrogen) atoms. The molecule has 4 aromatic rings. The van der Waals surface area contributed by atoms with Gasteiger partial charge in [0.05, 0.1) is 18.4 Å². The van der Waals surface area contributed by atoms with E-state index in [0.717, 1.165) is 21.3 Å². The molecule has 0 aliphatic carbocycles. The van der Waals surface area contributed by atoms with Crippen molar-refractivity contribution in [3.05, 3.63) is 89.2 Å². The molecule has 1 heterocycles. The summed E-state index contributed by atoms with van der Waals surface area (Å²) in [6.07, 6.45) is 0. The van der Waals surface area contributed by atoms with E-state index in [9.17, 15) is 9.18 Å². The van der Waals surface area contributed by atoms with Gasteiger partial charge >= 0.3 is 0 Å². The average molecular weight is 406 g/mol. The minimum Gasteiger partial charge on any atom is -0.494 e. The van der Waals surface area contributed by atoms with Gasteiger partial charge in [-0.2, -0.15) is 0 Å². The fourth-order valence-corrected chi connectivity index (χ4v) is 4.20. The summed E-state index contributed by atoms with van der Waals surface area (Å²) in [6.45, 7) is 2.33. The van der Waals surface area contributed by atoms with Gasteiger partial charge < -0.3 is 4.74 Å². The molecule has 6 heteroatoms. The van der Waals surface area contributed by atoms with Crippen molar-refractivity contribution >= 4 is 32.6 Å². The van der Waals surface area contributed by atoms with Crippen LogP contribution in [0.4, 0.5) is 9.52 Å². The summed E-state index contributed by atoms with van der Waals surface area (Å²) >= 11 is 1.43. The Hall–Kier alpha value is -3.25. The monoisotopic (exact) mass is 406 g/mol. The number of benzene rings is 3. The highest BCUT2D eigenvalue weighted by Crippen LogP contribution is 2.37. The normalized spacial score (nSPS) is 10.9. The predicted molar refractivity (Wildman–Crippen MR) is 114 cm³/mol. The number of aromatic nitrogens is 1. The van der Waals surface area contributed by atoms with Crippen molar-refractivity contribution in [3.63, 3.8) is 0 Å². The van der Waals surface area contributed by atoms with Crippen molar-refractivity contribution in [1.29, 1.82) is 0 Å². The zero-order valence-corrected chi connectivity index (χ0v) is 16.9. The highest BCUT2D eigenvalue weighted by molar-refractivity contribution is 7.22. The summed E-state index contributed by atoms with van der Waals surface area (Å²) in [5.74, 6) is -0.0904. The summed E-state index contributed by atoms with van der Waals surface area (Å²) in [7, 11) is 1.60. The maximum Gasteiger partial charge on any atom is 0.260 e. The molecule has 4 rings (SSSR count). The van der Waals surface area contributed by atoms with Crippen LogP contribution < -0.4 is 9.64 Å². The van der Waals surface area contributed by atoms with Crippen molar-refractivity contribution in [1.82, 2.24) is 4.98 Å². The van der Waals surface area contributed by atoms with Crippen LogP contribution in [0.1, 0.15) is 21.5 Å². The summed E-state index contributed by atoms with van der Waals surface area (Å²) in [4.78, 5) is 19.6.